The minimum Gasteiger partial charge on any atom is -0.0811 e. The van der Waals surface area contributed by atoms with Crippen molar-refractivity contribution in [2.75, 3.05) is 0 Å². The van der Waals surface area contributed by atoms with Crippen LogP contribution in [0.25, 0.3) is 0 Å². The van der Waals surface area contributed by atoms with Crippen molar-refractivity contribution >= 4 is 14.0 Å². The third-order valence-electron chi connectivity index (χ3n) is 4.34. The Morgan fingerprint density at radius 2 is 1.65 bits per heavy atom. The van der Waals surface area contributed by atoms with Crippen molar-refractivity contribution in [2.24, 2.45) is 0 Å². The summed E-state index contributed by atoms with van der Waals surface area (Å²) in [5.41, 5.74) is 4.40. The lowest BCUT2D eigenvalue weighted by Gasteiger charge is -2.20. The summed E-state index contributed by atoms with van der Waals surface area (Å²) in [6, 6.07) is 8.62. The maximum atomic E-state index is 2.50. The largest absolute Gasteiger partial charge is 0.103 e. The molecule has 0 aliphatic heterocycles. The van der Waals surface area contributed by atoms with Gasteiger partial charge >= 0.3 is 0 Å². The maximum absolute atomic E-state index is 2.50. The van der Waals surface area contributed by atoms with Crippen molar-refractivity contribution in [3.8, 4) is 0 Å². The Morgan fingerprint density at radius 3 is 2.20 bits per heavy atom. The van der Waals surface area contributed by atoms with Gasteiger partial charge in [-0.05, 0) is 27.2 Å². The predicted molar refractivity (Wildman–Crippen MR) is 93.5 cm³/mol. The second kappa shape index (κ2) is 7.08. The fourth-order valence-corrected chi connectivity index (χ4v) is 7.09. The second-order valence-corrected chi connectivity index (χ2v) is 9.22. The van der Waals surface area contributed by atoms with Gasteiger partial charge in [-0.1, -0.05) is 89.7 Å². The molecular weight excluding hydrogens is 256 g/mol. The first-order chi connectivity index (χ1) is 9.61. The fraction of sp³-hybridized carbons (Fsp3) is 0.474. The Hall–Kier alpha value is -1.08. The fourth-order valence-electron chi connectivity index (χ4n) is 3.37. The van der Waals surface area contributed by atoms with Gasteiger partial charge in [0.2, 0.25) is 0 Å². The molecule has 0 fully saturated rings. The molecule has 0 spiro atoms. The highest BCUT2D eigenvalue weighted by molar-refractivity contribution is 6.80. The van der Waals surface area contributed by atoms with E-state index in [0.717, 1.165) is 6.42 Å². The molecule has 0 saturated heterocycles. The van der Waals surface area contributed by atoms with Crippen LogP contribution in [0, 0.1) is 13.8 Å². The molecule has 1 aromatic carbocycles. The van der Waals surface area contributed by atoms with Gasteiger partial charge in [0.05, 0.1) is 0 Å². The van der Waals surface area contributed by atoms with Gasteiger partial charge in [0.25, 0.3) is 0 Å². The lowest BCUT2D eigenvalue weighted by atomic mass is 10.2. The van der Waals surface area contributed by atoms with Crippen LogP contribution in [0.3, 0.4) is 0 Å². The van der Waals surface area contributed by atoms with E-state index in [1.807, 2.05) is 0 Å². The van der Waals surface area contributed by atoms with Crippen molar-refractivity contribution in [2.45, 2.75) is 59.4 Å². The molecule has 0 heterocycles. The zero-order valence-corrected chi connectivity index (χ0v) is 14.7. The van der Waals surface area contributed by atoms with E-state index in [2.05, 4.69) is 58.0 Å². The number of aryl methyl sites for hydroxylation is 2. The van der Waals surface area contributed by atoms with Crippen LogP contribution in [0.5, 0.6) is 0 Å². The van der Waals surface area contributed by atoms with Gasteiger partial charge in [-0.3, -0.25) is 0 Å². The van der Waals surface area contributed by atoms with Crippen molar-refractivity contribution < 1.29 is 0 Å². The normalized spacial score (nSPS) is 16.0. The predicted octanol–water partition coefficient (Wildman–Crippen LogP) is 4.74. The molecule has 0 amide bonds. The lowest BCUT2D eigenvalue weighted by Crippen LogP contribution is -2.33. The third kappa shape index (κ3) is 3.73. The van der Waals surface area contributed by atoms with E-state index in [9.17, 15) is 0 Å². The maximum Gasteiger partial charge on any atom is 0.103 e. The summed E-state index contributed by atoms with van der Waals surface area (Å²) in [5.74, 6) is 0. The molecule has 108 valence electrons. The summed E-state index contributed by atoms with van der Waals surface area (Å²) in [4.78, 5) is 0. The van der Waals surface area contributed by atoms with E-state index in [1.165, 1.54) is 36.4 Å². The van der Waals surface area contributed by atoms with E-state index in [1.54, 1.807) is 16.0 Å². The van der Waals surface area contributed by atoms with Crippen LogP contribution in [0.15, 0.2) is 41.1 Å². The number of allylic oxidation sites excluding steroid dienone is 4. The Bertz CT molecular complexity index is 502. The summed E-state index contributed by atoms with van der Waals surface area (Å²) in [6.45, 7) is 9.08. The van der Waals surface area contributed by atoms with Gasteiger partial charge in [-0.25, -0.2) is 0 Å². The molecule has 0 radical (unpaired) electrons. The Morgan fingerprint density at radius 1 is 0.950 bits per heavy atom. The van der Waals surface area contributed by atoms with E-state index >= 15 is 0 Å². The smallest absolute Gasteiger partial charge is 0.0811 e. The van der Waals surface area contributed by atoms with Crippen LogP contribution in [-0.2, 0) is 0 Å². The number of rotatable bonds is 6. The lowest BCUT2D eigenvalue weighted by molar-refractivity contribution is 0.767. The SMILES string of the molecule is CCCCC[SiH](C1=CCC=C1C)c1cc(C)cc(C)c1. The molecule has 2 rings (SSSR count). The molecule has 0 N–H and O–H groups in total. The minimum absolute atomic E-state index is 0.997. The van der Waals surface area contributed by atoms with E-state index in [-0.39, 0.29) is 0 Å². The van der Waals surface area contributed by atoms with E-state index in [0.29, 0.717) is 0 Å². The zero-order chi connectivity index (χ0) is 14.5. The minimum atomic E-state index is -0.997. The van der Waals surface area contributed by atoms with Crippen molar-refractivity contribution in [1.29, 1.82) is 0 Å². The van der Waals surface area contributed by atoms with Crippen molar-refractivity contribution in [3.05, 3.63) is 52.2 Å². The highest BCUT2D eigenvalue weighted by Crippen LogP contribution is 2.24. The second-order valence-electron chi connectivity index (χ2n) is 6.25. The Labute approximate surface area is 126 Å². The van der Waals surface area contributed by atoms with Crippen LogP contribution >= 0.6 is 0 Å². The number of unbranched alkanes of at least 4 members (excludes halogenated alkanes) is 2. The highest BCUT2D eigenvalue weighted by atomic mass is 28.3. The zero-order valence-electron chi connectivity index (χ0n) is 13.5. The molecule has 1 aromatic rings. The monoisotopic (exact) mass is 284 g/mol. The van der Waals surface area contributed by atoms with Crippen LogP contribution < -0.4 is 5.19 Å². The third-order valence-corrected chi connectivity index (χ3v) is 7.90. The highest BCUT2D eigenvalue weighted by Gasteiger charge is 2.21. The quantitative estimate of drug-likeness (QED) is 0.523. The average Bonchev–Trinajstić information content (AvgIpc) is 2.80. The molecule has 1 aliphatic rings. The first-order valence-corrected chi connectivity index (χ1v) is 10.0. The molecule has 0 bridgehead atoms. The number of benzene rings is 1. The van der Waals surface area contributed by atoms with E-state index < -0.39 is 8.80 Å². The van der Waals surface area contributed by atoms with E-state index in [4.69, 9.17) is 0 Å². The number of hydrogen-bond donors (Lipinski definition) is 0. The van der Waals surface area contributed by atoms with Gasteiger partial charge in [-0.15, -0.1) is 0 Å². The topological polar surface area (TPSA) is 0 Å². The Kier molecular flexibility index (Phi) is 5.42. The van der Waals surface area contributed by atoms with Crippen LogP contribution in [0.1, 0.15) is 50.7 Å². The van der Waals surface area contributed by atoms with Gasteiger partial charge in [0.15, 0.2) is 0 Å². The summed E-state index contributed by atoms with van der Waals surface area (Å²) in [6.07, 6.45) is 10.1. The van der Waals surface area contributed by atoms with Gasteiger partial charge < -0.3 is 0 Å². The molecule has 1 aliphatic carbocycles. The first-order valence-electron chi connectivity index (χ1n) is 8.07. The standard InChI is InChI=1S/C19H28Si/c1-5-6-7-11-20(19-10-8-9-17(19)4)18-13-15(2)12-16(3)14-18/h9-10,12-14,20H,5-8,11H2,1-4H3. The first kappa shape index (κ1) is 15.3. The summed E-state index contributed by atoms with van der Waals surface area (Å²) in [5, 5.41) is 3.37. The van der Waals surface area contributed by atoms with Gasteiger partial charge in [0.1, 0.15) is 8.80 Å². The van der Waals surface area contributed by atoms with Crippen LogP contribution in [0.4, 0.5) is 0 Å². The summed E-state index contributed by atoms with van der Waals surface area (Å²) in [7, 11) is -0.997. The molecular formula is C19H28Si. The summed E-state index contributed by atoms with van der Waals surface area (Å²) < 4.78 is 0. The summed E-state index contributed by atoms with van der Waals surface area (Å²) >= 11 is 0. The molecule has 1 atom stereocenters. The molecule has 1 heteroatoms. The van der Waals surface area contributed by atoms with Gasteiger partial charge in [0, 0.05) is 0 Å². The molecule has 0 nitrogen and oxygen atoms in total. The molecule has 20 heavy (non-hydrogen) atoms. The van der Waals surface area contributed by atoms with Crippen molar-refractivity contribution in [3.63, 3.8) is 0 Å². The molecule has 0 aromatic heterocycles. The van der Waals surface area contributed by atoms with Gasteiger partial charge in [-0.2, -0.15) is 0 Å². The Balaban J connectivity index is 2.28. The molecule has 0 saturated carbocycles. The van der Waals surface area contributed by atoms with Crippen LogP contribution in [-0.4, -0.2) is 8.80 Å². The van der Waals surface area contributed by atoms with Crippen molar-refractivity contribution in [1.82, 2.24) is 0 Å². The average molecular weight is 285 g/mol. The van der Waals surface area contributed by atoms with Crippen LogP contribution in [0.2, 0.25) is 6.04 Å². The number of hydrogen-bond acceptors (Lipinski definition) is 0. The molecule has 1 unspecified atom stereocenters.